The lowest BCUT2D eigenvalue weighted by atomic mass is 9.88. The minimum absolute atomic E-state index is 0.193. The highest BCUT2D eigenvalue weighted by Crippen LogP contribution is 2.33. The quantitative estimate of drug-likeness (QED) is 0.311. The van der Waals surface area contributed by atoms with Crippen LogP contribution >= 0.6 is 0 Å². The maximum atomic E-state index is 12.7. The topological polar surface area (TPSA) is 43.4 Å². The van der Waals surface area contributed by atoms with Gasteiger partial charge in [0, 0.05) is 5.56 Å². The van der Waals surface area contributed by atoms with Gasteiger partial charge in [-0.3, -0.25) is 9.59 Å². The first-order valence-corrected chi connectivity index (χ1v) is 8.22. The first-order chi connectivity index (χ1) is 12.2. The summed E-state index contributed by atoms with van der Waals surface area (Å²) in [4.78, 5) is 25.0. The van der Waals surface area contributed by atoms with Gasteiger partial charge in [0.05, 0.1) is 0 Å². The third-order valence-electron chi connectivity index (χ3n) is 4.46. The molecule has 0 bridgehead atoms. The van der Waals surface area contributed by atoms with Gasteiger partial charge in [0.2, 0.25) is 0 Å². The molecule has 0 saturated heterocycles. The molecule has 122 valence electrons. The molecule has 0 amide bonds. The fraction of sp³-hybridized carbons (Fsp3) is 0.0909. The molecule has 3 aromatic rings. The molecule has 0 N–H and O–H groups in total. The van der Waals surface area contributed by atoms with Gasteiger partial charge < -0.3 is 4.74 Å². The standard InChI is InChI=1S/C22H16O3/c23-21(16-9-5-2-6-10-16)19-14-18-13-17(15-7-3-1-4-8-15)11-12-20(18)25-22(19)24/h1-13,19H,14H2. The second kappa shape index (κ2) is 6.36. The fourth-order valence-electron chi connectivity index (χ4n) is 3.13. The van der Waals surface area contributed by atoms with E-state index < -0.39 is 11.9 Å². The summed E-state index contributed by atoms with van der Waals surface area (Å²) in [5.74, 6) is -0.919. The molecule has 1 heterocycles. The zero-order chi connectivity index (χ0) is 17.2. The average molecular weight is 328 g/mol. The molecule has 1 unspecified atom stereocenters. The molecular formula is C22H16O3. The van der Waals surface area contributed by atoms with Gasteiger partial charge in [0.15, 0.2) is 5.78 Å². The van der Waals surface area contributed by atoms with E-state index in [1.165, 1.54) is 0 Å². The maximum absolute atomic E-state index is 12.7. The molecule has 3 aromatic carbocycles. The molecule has 0 saturated carbocycles. The number of esters is 1. The van der Waals surface area contributed by atoms with E-state index in [2.05, 4.69) is 0 Å². The summed E-state index contributed by atoms with van der Waals surface area (Å²) in [5.41, 5.74) is 3.55. The van der Waals surface area contributed by atoms with Crippen LogP contribution in [0, 0.1) is 5.92 Å². The number of fused-ring (bicyclic) bond motifs is 1. The number of Topliss-reactive ketones (excluding diaryl/α,β-unsaturated/α-hetero) is 1. The van der Waals surface area contributed by atoms with Gasteiger partial charge in [-0.1, -0.05) is 66.7 Å². The predicted molar refractivity (Wildman–Crippen MR) is 95.5 cm³/mol. The third-order valence-corrected chi connectivity index (χ3v) is 4.46. The van der Waals surface area contributed by atoms with Crippen LogP contribution < -0.4 is 4.74 Å². The highest BCUT2D eigenvalue weighted by molar-refractivity contribution is 6.09. The summed E-state index contributed by atoms with van der Waals surface area (Å²) in [6, 6.07) is 24.6. The minimum Gasteiger partial charge on any atom is -0.426 e. The normalized spacial score (nSPS) is 16.0. The van der Waals surface area contributed by atoms with Crippen LogP contribution in [0.5, 0.6) is 5.75 Å². The molecule has 0 radical (unpaired) electrons. The van der Waals surface area contributed by atoms with Gasteiger partial charge in [0.1, 0.15) is 11.7 Å². The molecule has 0 aromatic heterocycles. The Bertz CT molecular complexity index is 930. The van der Waals surface area contributed by atoms with Crippen LogP contribution in [-0.4, -0.2) is 11.8 Å². The van der Waals surface area contributed by atoms with Crippen LogP contribution in [0.25, 0.3) is 11.1 Å². The second-order valence-electron chi connectivity index (χ2n) is 6.10. The molecule has 0 aliphatic carbocycles. The van der Waals surface area contributed by atoms with E-state index in [-0.39, 0.29) is 5.78 Å². The lowest BCUT2D eigenvalue weighted by Gasteiger charge is -2.23. The van der Waals surface area contributed by atoms with Crippen LogP contribution in [0.3, 0.4) is 0 Å². The Morgan fingerprint density at radius 1 is 0.840 bits per heavy atom. The Kier molecular flexibility index (Phi) is 3.90. The van der Waals surface area contributed by atoms with Crippen LogP contribution in [-0.2, 0) is 11.2 Å². The SMILES string of the molecule is O=C1Oc2ccc(-c3ccccc3)cc2CC1C(=O)c1ccccc1. The number of hydrogen-bond acceptors (Lipinski definition) is 3. The van der Waals surface area contributed by atoms with Crippen LogP contribution in [0.1, 0.15) is 15.9 Å². The van der Waals surface area contributed by atoms with Crippen molar-refractivity contribution in [2.75, 3.05) is 0 Å². The van der Waals surface area contributed by atoms with Gasteiger partial charge in [-0.2, -0.15) is 0 Å². The molecule has 1 aliphatic heterocycles. The van der Waals surface area contributed by atoms with E-state index in [0.29, 0.717) is 17.7 Å². The van der Waals surface area contributed by atoms with Gasteiger partial charge in [0.25, 0.3) is 0 Å². The molecule has 3 heteroatoms. The monoisotopic (exact) mass is 328 g/mol. The van der Waals surface area contributed by atoms with Gasteiger partial charge in [-0.25, -0.2) is 0 Å². The van der Waals surface area contributed by atoms with E-state index in [1.54, 1.807) is 30.3 Å². The van der Waals surface area contributed by atoms with Gasteiger partial charge in [-0.15, -0.1) is 0 Å². The Hall–Kier alpha value is -3.20. The lowest BCUT2D eigenvalue weighted by molar-refractivity contribution is -0.138. The summed E-state index contributed by atoms with van der Waals surface area (Å²) in [6.07, 6.45) is 0.364. The zero-order valence-corrected chi connectivity index (χ0v) is 13.5. The Labute approximate surface area is 145 Å². The Balaban J connectivity index is 1.67. The zero-order valence-electron chi connectivity index (χ0n) is 13.5. The second-order valence-corrected chi connectivity index (χ2v) is 6.10. The number of hydrogen-bond donors (Lipinski definition) is 0. The Morgan fingerprint density at radius 2 is 1.52 bits per heavy atom. The molecule has 1 aliphatic rings. The number of ether oxygens (including phenoxy) is 1. The lowest BCUT2D eigenvalue weighted by Crippen LogP contribution is -2.33. The fourth-order valence-corrected chi connectivity index (χ4v) is 3.13. The van der Waals surface area contributed by atoms with Crippen molar-refractivity contribution in [2.24, 2.45) is 5.92 Å². The van der Waals surface area contributed by atoms with Crippen molar-refractivity contribution in [1.29, 1.82) is 0 Å². The smallest absolute Gasteiger partial charge is 0.322 e. The van der Waals surface area contributed by atoms with E-state index >= 15 is 0 Å². The summed E-state index contributed by atoms with van der Waals surface area (Å²) in [7, 11) is 0. The number of benzene rings is 3. The third kappa shape index (κ3) is 2.96. The van der Waals surface area contributed by atoms with E-state index in [9.17, 15) is 9.59 Å². The Morgan fingerprint density at radius 3 is 2.24 bits per heavy atom. The minimum atomic E-state index is -0.791. The van der Waals surface area contributed by atoms with Crippen LogP contribution in [0.2, 0.25) is 0 Å². The largest absolute Gasteiger partial charge is 0.426 e. The van der Waals surface area contributed by atoms with Crippen molar-refractivity contribution in [3.63, 3.8) is 0 Å². The van der Waals surface area contributed by atoms with Crippen LogP contribution in [0.15, 0.2) is 78.9 Å². The molecule has 0 spiro atoms. The summed E-state index contributed by atoms with van der Waals surface area (Å²) >= 11 is 0. The molecule has 0 fully saturated rings. The molecule has 1 atom stereocenters. The maximum Gasteiger partial charge on any atom is 0.322 e. The van der Waals surface area contributed by atoms with Crippen molar-refractivity contribution < 1.29 is 14.3 Å². The molecular weight excluding hydrogens is 312 g/mol. The molecule has 25 heavy (non-hydrogen) atoms. The van der Waals surface area contributed by atoms with Crippen molar-refractivity contribution in [3.8, 4) is 16.9 Å². The van der Waals surface area contributed by atoms with Gasteiger partial charge >= 0.3 is 5.97 Å². The van der Waals surface area contributed by atoms with Crippen molar-refractivity contribution in [3.05, 3.63) is 90.0 Å². The van der Waals surface area contributed by atoms with E-state index in [0.717, 1.165) is 16.7 Å². The average Bonchev–Trinajstić information content (AvgIpc) is 2.68. The number of ketones is 1. The van der Waals surface area contributed by atoms with Crippen LogP contribution in [0.4, 0.5) is 0 Å². The molecule has 4 rings (SSSR count). The highest BCUT2D eigenvalue weighted by Gasteiger charge is 2.34. The number of rotatable bonds is 3. The van der Waals surface area contributed by atoms with Crippen molar-refractivity contribution in [1.82, 2.24) is 0 Å². The molecule has 3 nitrogen and oxygen atoms in total. The van der Waals surface area contributed by atoms with Crippen molar-refractivity contribution in [2.45, 2.75) is 6.42 Å². The van der Waals surface area contributed by atoms with E-state index in [1.807, 2.05) is 48.5 Å². The van der Waals surface area contributed by atoms with Gasteiger partial charge in [-0.05, 0) is 35.2 Å². The number of carbonyl (C=O) groups excluding carboxylic acids is 2. The summed E-state index contributed by atoms with van der Waals surface area (Å²) in [5, 5.41) is 0. The predicted octanol–water partition coefficient (Wildman–Crippen LogP) is 4.31. The highest BCUT2D eigenvalue weighted by atomic mass is 16.5. The summed E-state index contributed by atoms with van der Waals surface area (Å²) < 4.78 is 5.42. The van der Waals surface area contributed by atoms with E-state index in [4.69, 9.17) is 4.74 Å². The first kappa shape index (κ1) is 15.3. The first-order valence-electron chi connectivity index (χ1n) is 8.22. The number of carbonyl (C=O) groups is 2. The summed E-state index contributed by atoms with van der Waals surface area (Å²) in [6.45, 7) is 0. The van der Waals surface area contributed by atoms with Crippen molar-refractivity contribution >= 4 is 11.8 Å².